The molecule has 3 heterocycles. The van der Waals surface area contributed by atoms with Crippen molar-refractivity contribution in [2.24, 2.45) is 0 Å². The molecule has 4 rings (SSSR count). The van der Waals surface area contributed by atoms with E-state index in [0.29, 0.717) is 30.1 Å². The fourth-order valence-corrected chi connectivity index (χ4v) is 4.34. The number of hydrogen-bond donors (Lipinski definition) is 1. The second-order valence-corrected chi connectivity index (χ2v) is 8.65. The first-order valence-corrected chi connectivity index (χ1v) is 11.3. The van der Waals surface area contributed by atoms with Gasteiger partial charge in [-0.3, -0.25) is 14.7 Å². The summed E-state index contributed by atoms with van der Waals surface area (Å²) in [6.07, 6.45) is 7.52. The Labute approximate surface area is 195 Å². The molecule has 33 heavy (non-hydrogen) atoms. The minimum Gasteiger partial charge on any atom is -0.497 e. The van der Waals surface area contributed by atoms with Gasteiger partial charge in [-0.2, -0.15) is 0 Å². The fourth-order valence-electron chi connectivity index (χ4n) is 4.34. The maximum atomic E-state index is 12.6. The third kappa shape index (κ3) is 5.71. The highest BCUT2D eigenvalue weighted by molar-refractivity contribution is 5.92. The van der Waals surface area contributed by atoms with Crippen molar-refractivity contribution in [3.8, 4) is 5.75 Å². The Morgan fingerprint density at radius 3 is 2.85 bits per heavy atom. The smallest absolute Gasteiger partial charge is 0.270 e. The molecule has 2 aliphatic heterocycles. The van der Waals surface area contributed by atoms with Crippen LogP contribution in [0.1, 0.15) is 41.4 Å². The Morgan fingerprint density at radius 2 is 2.15 bits per heavy atom. The Balaban J connectivity index is 1.33. The number of benzene rings is 1. The van der Waals surface area contributed by atoms with Gasteiger partial charge in [-0.15, -0.1) is 0 Å². The van der Waals surface area contributed by atoms with Gasteiger partial charge in [0.1, 0.15) is 23.3 Å². The molecule has 0 radical (unpaired) electrons. The number of hydrogen-bond acceptors (Lipinski definition) is 5. The van der Waals surface area contributed by atoms with Gasteiger partial charge in [0, 0.05) is 43.4 Å². The van der Waals surface area contributed by atoms with Gasteiger partial charge >= 0.3 is 0 Å². The highest BCUT2D eigenvalue weighted by Crippen LogP contribution is 2.35. The highest BCUT2D eigenvalue weighted by atomic mass is 16.5. The molecule has 2 fully saturated rings. The summed E-state index contributed by atoms with van der Waals surface area (Å²) < 4.78 is 11.3. The molecule has 2 aromatic rings. The van der Waals surface area contributed by atoms with Crippen molar-refractivity contribution in [3.63, 3.8) is 0 Å². The summed E-state index contributed by atoms with van der Waals surface area (Å²) in [5.41, 5.74) is 2.99. The van der Waals surface area contributed by atoms with Crippen molar-refractivity contribution in [3.05, 3.63) is 90.5 Å². The molecule has 0 spiro atoms. The van der Waals surface area contributed by atoms with Crippen LogP contribution in [-0.4, -0.2) is 47.6 Å². The lowest BCUT2D eigenvalue weighted by Crippen LogP contribution is -2.34. The summed E-state index contributed by atoms with van der Waals surface area (Å²) in [6.45, 7) is 11.5. The Hall–Kier alpha value is -3.38. The predicted octanol–water partition coefficient (Wildman–Crippen LogP) is 4.36. The lowest BCUT2D eigenvalue weighted by atomic mass is 10.0. The van der Waals surface area contributed by atoms with Crippen LogP contribution >= 0.6 is 0 Å². The summed E-state index contributed by atoms with van der Waals surface area (Å²) in [5.74, 6) is 1.15. The van der Waals surface area contributed by atoms with Gasteiger partial charge in [0.25, 0.3) is 5.91 Å². The average Bonchev–Trinajstić information content (AvgIpc) is 3.61. The van der Waals surface area contributed by atoms with Crippen LogP contribution in [0.2, 0.25) is 0 Å². The molecule has 1 N–H and O–H groups in total. The van der Waals surface area contributed by atoms with E-state index >= 15 is 0 Å². The van der Waals surface area contributed by atoms with Crippen molar-refractivity contribution < 1.29 is 14.3 Å². The fraction of sp³-hybridized carbons (Fsp3) is 0.333. The molecule has 0 aliphatic carbocycles. The van der Waals surface area contributed by atoms with Crippen LogP contribution in [0.3, 0.4) is 0 Å². The molecule has 3 unspecified atom stereocenters. The number of ether oxygens (including phenoxy) is 2. The number of rotatable bonds is 9. The number of aromatic nitrogens is 1. The monoisotopic (exact) mass is 445 g/mol. The van der Waals surface area contributed by atoms with Gasteiger partial charge in [0.05, 0.1) is 7.11 Å². The summed E-state index contributed by atoms with van der Waals surface area (Å²) in [6, 6.07) is 12.8. The first kappa shape index (κ1) is 22.8. The normalized spacial score (nSPS) is 23.8. The largest absolute Gasteiger partial charge is 0.497 e. The number of nitrogens with zero attached hydrogens (tertiary/aromatic N) is 2. The molecule has 6 heteroatoms. The Kier molecular flexibility index (Phi) is 6.94. The average molecular weight is 446 g/mol. The van der Waals surface area contributed by atoms with Gasteiger partial charge < -0.3 is 14.8 Å². The number of nitrogens with one attached hydrogen (secondary N) is 1. The lowest BCUT2D eigenvalue weighted by molar-refractivity contribution is 0.0945. The number of fused-ring (bicyclic) bond motifs is 1. The standard InChI is InChI=1S/C27H31N3O3/c1-5-21(12-19(3)32-4)22-9-10-26(28-16-22)27(31)29-15-20-7-6-8-24(13-20)33-25-11-18(2)30-17-23(30)14-25/h5-10,12-13,16,18,23,25H,1,3,11,14-15,17H2,2,4H3,(H,29,31)/b21-12+/t18?,23?,25-,30?/m0/s1. The minimum absolute atomic E-state index is 0.228. The molecule has 2 aliphatic rings. The third-order valence-corrected chi connectivity index (χ3v) is 6.24. The molecule has 1 amide bonds. The Morgan fingerprint density at radius 1 is 1.30 bits per heavy atom. The number of carbonyl (C=O) groups is 1. The second kappa shape index (κ2) is 10.0. The summed E-state index contributed by atoms with van der Waals surface area (Å²) in [4.78, 5) is 19.4. The number of methoxy groups -OCH3 is 1. The molecule has 172 valence electrons. The van der Waals surface area contributed by atoms with Crippen LogP contribution in [0.4, 0.5) is 0 Å². The van der Waals surface area contributed by atoms with Crippen molar-refractivity contribution in [2.75, 3.05) is 13.7 Å². The van der Waals surface area contributed by atoms with Crippen LogP contribution in [-0.2, 0) is 11.3 Å². The van der Waals surface area contributed by atoms with Crippen molar-refractivity contribution >= 4 is 11.5 Å². The maximum absolute atomic E-state index is 12.6. The van der Waals surface area contributed by atoms with Crippen LogP contribution in [0.5, 0.6) is 5.75 Å². The second-order valence-electron chi connectivity index (χ2n) is 8.65. The number of pyridine rings is 1. The lowest BCUT2D eigenvalue weighted by Gasteiger charge is -2.28. The molecule has 0 saturated carbocycles. The minimum atomic E-state index is -0.228. The predicted molar refractivity (Wildman–Crippen MR) is 130 cm³/mol. The van der Waals surface area contributed by atoms with E-state index < -0.39 is 0 Å². The van der Waals surface area contributed by atoms with Crippen LogP contribution in [0.25, 0.3) is 5.57 Å². The zero-order valence-electron chi connectivity index (χ0n) is 19.3. The molecule has 4 atom stereocenters. The van der Waals surface area contributed by atoms with Gasteiger partial charge in [0.2, 0.25) is 0 Å². The molecule has 0 bridgehead atoms. The number of amides is 1. The summed E-state index contributed by atoms with van der Waals surface area (Å²) in [7, 11) is 1.56. The molecule has 1 aromatic carbocycles. The van der Waals surface area contributed by atoms with E-state index in [9.17, 15) is 4.79 Å². The molecule has 2 saturated heterocycles. The third-order valence-electron chi connectivity index (χ3n) is 6.24. The van der Waals surface area contributed by atoms with E-state index in [4.69, 9.17) is 9.47 Å². The SMILES string of the molecule is C=C/C(=C\C(=C)OC)c1ccc(C(=O)NCc2cccc(O[C@H]3CC(C)N4CC4C3)c2)nc1. The summed E-state index contributed by atoms with van der Waals surface area (Å²) in [5, 5.41) is 2.94. The van der Waals surface area contributed by atoms with Crippen molar-refractivity contribution in [1.82, 2.24) is 15.2 Å². The molecule has 6 nitrogen and oxygen atoms in total. The quantitative estimate of drug-likeness (QED) is 0.353. The number of carbonyl (C=O) groups excluding carboxylic acids is 1. The maximum Gasteiger partial charge on any atom is 0.270 e. The van der Waals surface area contributed by atoms with E-state index in [0.717, 1.165) is 35.3 Å². The van der Waals surface area contributed by atoms with E-state index in [1.54, 1.807) is 31.5 Å². The van der Waals surface area contributed by atoms with Gasteiger partial charge in [0.15, 0.2) is 0 Å². The Bertz CT molecular complexity index is 1060. The molecule has 1 aromatic heterocycles. The molecular weight excluding hydrogens is 414 g/mol. The van der Waals surface area contributed by atoms with E-state index in [-0.39, 0.29) is 12.0 Å². The van der Waals surface area contributed by atoms with Crippen molar-refractivity contribution in [1.29, 1.82) is 0 Å². The van der Waals surface area contributed by atoms with E-state index in [1.165, 1.54) is 6.54 Å². The van der Waals surface area contributed by atoms with Crippen LogP contribution in [0, 0.1) is 0 Å². The summed E-state index contributed by atoms with van der Waals surface area (Å²) >= 11 is 0. The highest BCUT2D eigenvalue weighted by Gasteiger charge is 2.44. The molecular formula is C27H31N3O3. The van der Waals surface area contributed by atoms with Crippen LogP contribution in [0.15, 0.2) is 73.7 Å². The number of allylic oxidation sites excluding steroid dienone is 3. The van der Waals surface area contributed by atoms with Gasteiger partial charge in [-0.05, 0) is 48.8 Å². The van der Waals surface area contributed by atoms with Crippen molar-refractivity contribution in [2.45, 2.75) is 44.5 Å². The van der Waals surface area contributed by atoms with Crippen LogP contribution < -0.4 is 10.1 Å². The van der Waals surface area contributed by atoms with Gasteiger partial charge in [-0.25, -0.2) is 0 Å². The first-order valence-electron chi connectivity index (χ1n) is 11.3. The van der Waals surface area contributed by atoms with E-state index in [2.05, 4.69) is 35.3 Å². The zero-order chi connectivity index (χ0) is 23.4. The van der Waals surface area contributed by atoms with E-state index in [1.807, 2.05) is 30.3 Å². The first-order chi connectivity index (χ1) is 16.0. The topological polar surface area (TPSA) is 63.5 Å². The zero-order valence-corrected chi connectivity index (χ0v) is 19.3. The number of piperidine rings is 1. The van der Waals surface area contributed by atoms with Gasteiger partial charge in [-0.1, -0.05) is 37.4 Å².